The highest BCUT2D eigenvalue weighted by Gasteiger charge is 2.29. The molecule has 0 radical (unpaired) electrons. The number of alkyl carbamates (subject to hydrolysis) is 1. The number of amides is 1. The number of rotatable bonds is 8. The summed E-state index contributed by atoms with van der Waals surface area (Å²) < 4.78 is 43.9. The van der Waals surface area contributed by atoms with Gasteiger partial charge in [0.2, 0.25) is 0 Å². The van der Waals surface area contributed by atoms with Crippen LogP contribution in [0.1, 0.15) is 18.9 Å². The quantitative estimate of drug-likeness (QED) is 0.559. The average molecular weight is 348 g/mol. The lowest BCUT2D eigenvalue weighted by Gasteiger charge is -2.18. The molecule has 0 aromatic heterocycles. The molecular weight excluding hydrogens is 329 g/mol. The molecule has 0 aliphatic carbocycles. The van der Waals surface area contributed by atoms with Crippen molar-refractivity contribution in [3.8, 4) is 0 Å². The van der Waals surface area contributed by atoms with Gasteiger partial charge < -0.3 is 19.9 Å². The predicted molar refractivity (Wildman–Crippen MR) is 80.3 cm³/mol. The first kappa shape index (κ1) is 19.8. The van der Waals surface area contributed by atoms with Crippen molar-refractivity contribution in [1.29, 1.82) is 0 Å². The van der Waals surface area contributed by atoms with Crippen molar-refractivity contribution in [3.05, 3.63) is 35.9 Å². The van der Waals surface area contributed by atoms with Crippen molar-refractivity contribution in [3.63, 3.8) is 0 Å². The van der Waals surface area contributed by atoms with Crippen LogP contribution in [-0.4, -0.2) is 42.7 Å². The number of aliphatic hydroxyl groups is 1. The zero-order valence-corrected chi connectivity index (χ0v) is 13.0. The smallest absolute Gasteiger partial charge is 0.445 e. The third-order valence-corrected chi connectivity index (χ3v) is 2.97. The van der Waals surface area contributed by atoms with Crippen molar-refractivity contribution < 1.29 is 32.5 Å². The van der Waals surface area contributed by atoms with E-state index in [1.807, 2.05) is 6.07 Å². The minimum atomic E-state index is -4.83. The lowest BCUT2D eigenvalue weighted by atomic mass is 10.1. The molecule has 0 spiro atoms. The Morgan fingerprint density at radius 3 is 2.62 bits per heavy atom. The van der Waals surface area contributed by atoms with Gasteiger partial charge in [0.05, 0.1) is 12.1 Å². The Balaban J connectivity index is 2.34. The van der Waals surface area contributed by atoms with Crippen LogP contribution in [0.4, 0.5) is 18.0 Å². The summed E-state index contributed by atoms with van der Waals surface area (Å²) in [6, 6.07) is 8.14. The van der Waals surface area contributed by atoms with Gasteiger partial charge in [0.25, 0.3) is 0 Å². The van der Waals surface area contributed by atoms with E-state index >= 15 is 0 Å². The number of halogens is 3. The Morgan fingerprint density at radius 1 is 1.38 bits per heavy atom. The van der Waals surface area contributed by atoms with Gasteiger partial charge in [0, 0.05) is 6.54 Å². The molecule has 9 heteroatoms. The highest BCUT2D eigenvalue weighted by atomic mass is 19.4. The maximum absolute atomic E-state index is 11.8. The summed E-state index contributed by atoms with van der Waals surface area (Å²) >= 11 is 0. The molecule has 0 heterocycles. The molecule has 0 saturated heterocycles. The SMILES string of the molecule is CC[C@H](N=COC(F)(F)F)[C@@H](O)CNC(=O)OCc1ccccc1. The first-order valence-electron chi connectivity index (χ1n) is 7.20. The summed E-state index contributed by atoms with van der Waals surface area (Å²) in [5, 5.41) is 12.2. The fourth-order valence-electron chi connectivity index (χ4n) is 1.74. The Morgan fingerprint density at radius 2 is 2.04 bits per heavy atom. The van der Waals surface area contributed by atoms with Gasteiger partial charge in [-0.2, -0.15) is 0 Å². The van der Waals surface area contributed by atoms with Crippen LogP contribution in [0.15, 0.2) is 35.3 Å². The predicted octanol–water partition coefficient (Wildman–Crippen LogP) is 2.62. The van der Waals surface area contributed by atoms with E-state index in [1.165, 1.54) is 0 Å². The molecule has 1 amide bonds. The number of hydrogen-bond donors (Lipinski definition) is 2. The van der Waals surface area contributed by atoms with Gasteiger partial charge in [-0.05, 0) is 12.0 Å². The molecule has 6 nitrogen and oxygen atoms in total. The normalized spacial score (nSPS) is 14.2. The fourth-order valence-corrected chi connectivity index (χ4v) is 1.74. The molecule has 1 aromatic carbocycles. The number of ether oxygens (including phenoxy) is 2. The standard InChI is InChI=1S/C15H19F3N2O4/c1-2-12(20-10-24-15(16,17)18)13(21)8-19-14(22)23-9-11-6-4-3-5-7-11/h3-7,10,12-13,21H,2,8-9H2,1H3,(H,19,22)/t12-,13-/m0/s1. The molecule has 24 heavy (non-hydrogen) atoms. The Kier molecular flexibility index (Phi) is 8.03. The highest BCUT2D eigenvalue weighted by Crippen LogP contribution is 2.15. The third-order valence-electron chi connectivity index (χ3n) is 2.97. The van der Waals surface area contributed by atoms with Gasteiger partial charge in [0.15, 0.2) is 6.40 Å². The zero-order valence-electron chi connectivity index (χ0n) is 13.0. The number of hydrogen-bond acceptors (Lipinski definition) is 5. The molecular formula is C15H19F3N2O4. The number of aliphatic imine (C=N–C) groups is 1. The topological polar surface area (TPSA) is 80.2 Å². The van der Waals surface area contributed by atoms with Crippen molar-refractivity contribution in [1.82, 2.24) is 5.32 Å². The number of nitrogens with one attached hydrogen (secondary N) is 1. The molecule has 2 N–H and O–H groups in total. The second kappa shape index (κ2) is 9.76. The van der Waals surface area contributed by atoms with Crippen LogP contribution in [0.5, 0.6) is 0 Å². The minimum Gasteiger partial charge on any atom is -0.445 e. The Bertz CT molecular complexity index is 523. The molecule has 2 atom stereocenters. The zero-order chi connectivity index (χ0) is 18.0. The molecule has 0 unspecified atom stereocenters. The second-order valence-corrected chi connectivity index (χ2v) is 4.80. The van der Waals surface area contributed by atoms with Crippen molar-refractivity contribution >= 4 is 12.5 Å². The number of aliphatic hydroxyl groups excluding tert-OH is 1. The fraction of sp³-hybridized carbons (Fsp3) is 0.467. The maximum Gasteiger partial charge on any atom is 0.573 e. The summed E-state index contributed by atoms with van der Waals surface area (Å²) in [5.41, 5.74) is 0.800. The molecule has 0 saturated carbocycles. The molecule has 0 aliphatic heterocycles. The van der Waals surface area contributed by atoms with Gasteiger partial charge in [-0.15, -0.1) is 13.2 Å². The van der Waals surface area contributed by atoms with Gasteiger partial charge in [0.1, 0.15) is 6.61 Å². The monoisotopic (exact) mass is 348 g/mol. The lowest BCUT2D eigenvalue weighted by molar-refractivity contribution is -0.280. The number of benzene rings is 1. The van der Waals surface area contributed by atoms with Crippen LogP contribution in [0, 0.1) is 0 Å². The van der Waals surface area contributed by atoms with E-state index < -0.39 is 24.6 Å². The van der Waals surface area contributed by atoms with Gasteiger partial charge in [-0.1, -0.05) is 37.3 Å². The van der Waals surface area contributed by atoms with Gasteiger partial charge in [-0.25, -0.2) is 4.79 Å². The van der Waals surface area contributed by atoms with Gasteiger partial charge >= 0.3 is 12.5 Å². The van der Waals surface area contributed by atoms with E-state index in [0.29, 0.717) is 0 Å². The number of carbonyl (C=O) groups excluding carboxylic acids is 1. The minimum absolute atomic E-state index is 0.0670. The van der Waals surface area contributed by atoms with Crippen LogP contribution in [0.25, 0.3) is 0 Å². The summed E-state index contributed by atoms with van der Waals surface area (Å²) in [6.07, 6.45) is -6.24. The van der Waals surface area contributed by atoms with Crippen LogP contribution in [0.2, 0.25) is 0 Å². The van der Waals surface area contributed by atoms with Crippen molar-refractivity contribution in [2.45, 2.75) is 38.5 Å². The van der Waals surface area contributed by atoms with E-state index in [-0.39, 0.29) is 26.0 Å². The highest BCUT2D eigenvalue weighted by molar-refractivity contribution is 5.67. The summed E-state index contributed by atoms with van der Waals surface area (Å²) in [7, 11) is 0. The van der Waals surface area contributed by atoms with Crippen LogP contribution in [-0.2, 0) is 16.1 Å². The van der Waals surface area contributed by atoms with Crippen molar-refractivity contribution in [2.75, 3.05) is 6.54 Å². The third kappa shape index (κ3) is 8.37. The number of alkyl halides is 3. The second-order valence-electron chi connectivity index (χ2n) is 4.80. The van der Waals surface area contributed by atoms with Crippen molar-refractivity contribution in [2.24, 2.45) is 4.99 Å². The summed E-state index contributed by atoms with van der Waals surface area (Å²) in [6.45, 7) is 1.49. The first-order valence-corrected chi connectivity index (χ1v) is 7.20. The van der Waals surface area contributed by atoms with Crippen LogP contribution >= 0.6 is 0 Å². The largest absolute Gasteiger partial charge is 0.573 e. The number of nitrogens with zero attached hydrogens (tertiary/aromatic N) is 1. The Labute approximate surface area is 137 Å². The molecule has 1 aromatic rings. The van der Waals surface area contributed by atoms with E-state index in [4.69, 9.17) is 4.74 Å². The first-order chi connectivity index (χ1) is 11.3. The molecule has 134 valence electrons. The summed E-state index contributed by atoms with van der Waals surface area (Å²) in [5.74, 6) is 0. The molecule has 0 fully saturated rings. The van der Waals surface area contributed by atoms with E-state index in [2.05, 4.69) is 15.0 Å². The van der Waals surface area contributed by atoms with Crippen LogP contribution in [0.3, 0.4) is 0 Å². The molecule has 1 rings (SSSR count). The average Bonchev–Trinajstić information content (AvgIpc) is 2.54. The molecule has 0 aliphatic rings. The number of carbonyl (C=O) groups is 1. The van der Waals surface area contributed by atoms with Gasteiger partial charge in [-0.3, -0.25) is 4.99 Å². The summed E-state index contributed by atoms with van der Waals surface area (Å²) in [4.78, 5) is 15.0. The molecule has 0 bridgehead atoms. The maximum atomic E-state index is 11.8. The van der Waals surface area contributed by atoms with E-state index in [0.717, 1.165) is 5.56 Å². The van der Waals surface area contributed by atoms with E-state index in [9.17, 15) is 23.1 Å². The van der Waals surface area contributed by atoms with Crippen LogP contribution < -0.4 is 5.32 Å². The lowest BCUT2D eigenvalue weighted by Crippen LogP contribution is -2.38. The Hall–Kier alpha value is -2.29. The van der Waals surface area contributed by atoms with E-state index in [1.54, 1.807) is 31.2 Å².